The third-order valence-electron chi connectivity index (χ3n) is 13.3. The highest BCUT2D eigenvalue weighted by molar-refractivity contribution is 7.25. The van der Waals surface area contributed by atoms with Crippen LogP contribution in [0.25, 0.3) is 86.6 Å². The zero-order valence-electron chi connectivity index (χ0n) is 35.2. The van der Waals surface area contributed by atoms with Crippen LogP contribution in [0.15, 0.2) is 224 Å². The van der Waals surface area contributed by atoms with Crippen LogP contribution < -0.4 is 4.90 Å². The molecule has 1 aliphatic rings. The minimum atomic E-state index is -0.214. The highest BCUT2D eigenvalue weighted by atomic mass is 32.1. The van der Waals surface area contributed by atoms with Crippen LogP contribution in [0.2, 0.25) is 0 Å². The summed E-state index contributed by atoms with van der Waals surface area (Å²) in [6.45, 7) is 4.78. The molecule has 12 rings (SSSR count). The van der Waals surface area contributed by atoms with E-state index in [1.54, 1.807) is 0 Å². The molecule has 1 heterocycles. The first-order valence-electron chi connectivity index (χ1n) is 21.8. The largest absolute Gasteiger partial charge is 0.310 e. The molecule has 0 fully saturated rings. The third kappa shape index (κ3) is 6.29. The Labute approximate surface area is 372 Å². The molecular weight excluding hydrogens is 779 g/mol. The number of fused-ring (bicyclic) bond motifs is 7. The molecule has 0 bridgehead atoms. The van der Waals surface area contributed by atoms with Gasteiger partial charge in [0.25, 0.3) is 0 Å². The van der Waals surface area contributed by atoms with Crippen molar-refractivity contribution in [2.45, 2.75) is 19.3 Å². The highest BCUT2D eigenvalue weighted by Gasteiger charge is 2.36. The quantitative estimate of drug-likeness (QED) is 0.155. The molecule has 0 atom stereocenters. The number of benzene rings is 10. The molecule has 0 N–H and O–H groups in total. The van der Waals surface area contributed by atoms with Crippen molar-refractivity contribution in [2.24, 2.45) is 0 Å². The SMILES string of the molecule is CC1(C)c2cc(-c3cccc4ccccc34)ccc2-c2ccc(N(c3ccc(-c4ccc5sc6ccccc6c5c4)cc3)c3ccccc3-c3ccc(-c4ccccc4)cc3)cc21. The minimum absolute atomic E-state index is 0.214. The number of rotatable bonds is 7. The first kappa shape index (κ1) is 37.3. The molecule has 0 unspecified atom stereocenters. The summed E-state index contributed by atoms with van der Waals surface area (Å²) in [4.78, 5) is 2.46. The Hall–Kier alpha value is -7.52. The Bertz CT molecular complexity index is 3520. The van der Waals surface area contributed by atoms with Crippen molar-refractivity contribution < 1.29 is 0 Å². The van der Waals surface area contributed by atoms with Gasteiger partial charge < -0.3 is 4.90 Å². The summed E-state index contributed by atoms with van der Waals surface area (Å²) in [5.74, 6) is 0. The molecule has 63 heavy (non-hydrogen) atoms. The Morgan fingerprint density at radius 2 is 0.889 bits per heavy atom. The number of thiophene rings is 1. The van der Waals surface area contributed by atoms with E-state index in [0.717, 1.165) is 17.1 Å². The summed E-state index contributed by atoms with van der Waals surface area (Å²) >= 11 is 1.86. The zero-order chi connectivity index (χ0) is 42.1. The van der Waals surface area contributed by atoms with Crippen LogP contribution in [0, 0.1) is 0 Å². The summed E-state index contributed by atoms with van der Waals surface area (Å²) in [7, 11) is 0. The van der Waals surface area contributed by atoms with E-state index in [1.807, 2.05) is 11.3 Å². The molecule has 2 heteroatoms. The number of para-hydroxylation sites is 1. The Kier molecular flexibility index (Phi) is 8.77. The topological polar surface area (TPSA) is 3.24 Å². The van der Waals surface area contributed by atoms with E-state index in [1.165, 1.54) is 97.7 Å². The summed E-state index contributed by atoms with van der Waals surface area (Å²) in [6.07, 6.45) is 0. The maximum atomic E-state index is 2.46. The fraction of sp³-hybridized carbons (Fsp3) is 0.0492. The first-order valence-corrected chi connectivity index (χ1v) is 22.6. The monoisotopic (exact) mass is 821 g/mol. The van der Waals surface area contributed by atoms with E-state index in [9.17, 15) is 0 Å². The van der Waals surface area contributed by atoms with Gasteiger partial charge >= 0.3 is 0 Å². The van der Waals surface area contributed by atoms with Gasteiger partial charge in [-0.05, 0) is 127 Å². The first-order chi connectivity index (χ1) is 31.0. The van der Waals surface area contributed by atoms with Gasteiger partial charge in [0.05, 0.1) is 5.69 Å². The van der Waals surface area contributed by atoms with Gasteiger partial charge in [0.2, 0.25) is 0 Å². The fourth-order valence-corrected chi connectivity index (χ4v) is 11.1. The lowest BCUT2D eigenvalue weighted by molar-refractivity contribution is 0.660. The van der Waals surface area contributed by atoms with Gasteiger partial charge in [-0.1, -0.05) is 184 Å². The van der Waals surface area contributed by atoms with Crippen molar-refractivity contribution in [1.29, 1.82) is 0 Å². The van der Waals surface area contributed by atoms with E-state index >= 15 is 0 Å². The Morgan fingerprint density at radius 3 is 1.73 bits per heavy atom. The van der Waals surface area contributed by atoms with Crippen LogP contribution in [-0.2, 0) is 5.41 Å². The van der Waals surface area contributed by atoms with Gasteiger partial charge in [-0.2, -0.15) is 0 Å². The molecule has 0 saturated heterocycles. The second kappa shape index (κ2) is 14.8. The van der Waals surface area contributed by atoms with Gasteiger partial charge in [-0.3, -0.25) is 0 Å². The molecule has 11 aromatic rings. The van der Waals surface area contributed by atoms with E-state index < -0.39 is 0 Å². The molecule has 1 aliphatic carbocycles. The third-order valence-corrected chi connectivity index (χ3v) is 14.5. The normalized spacial score (nSPS) is 12.7. The second-order valence-electron chi connectivity index (χ2n) is 17.3. The fourth-order valence-electron chi connectivity index (χ4n) is 10.0. The molecule has 1 nitrogen and oxygen atoms in total. The second-order valence-corrected chi connectivity index (χ2v) is 18.4. The lowest BCUT2D eigenvalue weighted by atomic mass is 9.81. The van der Waals surface area contributed by atoms with E-state index in [0.29, 0.717) is 0 Å². The molecule has 298 valence electrons. The van der Waals surface area contributed by atoms with Crippen molar-refractivity contribution in [2.75, 3.05) is 4.90 Å². The summed E-state index contributed by atoms with van der Waals surface area (Å²) in [5, 5.41) is 5.19. The van der Waals surface area contributed by atoms with Crippen LogP contribution in [0.1, 0.15) is 25.0 Å². The summed E-state index contributed by atoms with van der Waals surface area (Å²) < 4.78 is 2.65. The van der Waals surface area contributed by atoms with Crippen molar-refractivity contribution in [3.63, 3.8) is 0 Å². The average molecular weight is 822 g/mol. The van der Waals surface area contributed by atoms with Crippen molar-refractivity contribution in [1.82, 2.24) is 0 Å². The van der Waals surface area contributed by atoms with Gasteiger partial charge in [0.15, 0.2) is 0 Å². The Balaban J connectivity index is 0.975. The van der Waals surface area contributed by atoms with E-state index in [-0.39, 0.29) is 5.41 Å². The van der Waals surface area contributed by atoms with Gasteiger partial charge in [0.1, 0.15) is 0 Å². The van der Waals surface area contributed by atoms with E-state index in [4.69, 9.17) is 0 Å². The molecule has 1 aromatic heterocycles. The van der Waals surface area contributed by atoms with Crippen LogP contribution in [0.5, 0.6) is 0 Å². The van der Waals surface area contributed by atoms with Crippen molar-refractivity contribution in [3.8, 4) is 55.6 Å². The number of anilines is 3. The summed E-state index contributed by atoms with van der Waals surface area (Å²) in [5.41, 5.74) is 18.2. The lowest BCUT2D eigenvalue weighted by Gasteiger charge is -2.30. The molecule has 0 radical (unpaired) electrons. The van der Waals surface area contributed by atoms with Gasteiger partial charge in [-0.25, -0.2) is 0 Å². The number of hydrogen-bond donors (Lipinski definition) is 0. The van der Waals surface area contributed by atoms with Gasteiger partial charge in [0, 0.05) is 42.5 Å². The number of nitrogens with zero attached hydrogens (tertiary/aromatic N) is 1. The molecule has 10 aromatic carbocycles. The Morgan fingerprint density at radius 1 is 0.333 bits per heavy atom. The lowest BCUT2D eigenvalue weighted by Crippen LogP contribution is -2.17. The van der Waals surface area contributed by atoms with Gasteiger partial charge in [-0.15, -0.1) is 11.3 Å². The smallest absolute Gasteiger partial charge is 0.0540 e. The van der Waals surface area contributed by atoms with Crippen molar-refractivity contribution >= 4 is 59.3 Å². The molecule has 0 aliphatic heterocycles. The molecular formula is C61H43NS. The maximum absolute atomic E-state index is 2.46. The zero-order valence-corrected chi connectivity index (χ0v) is 36.0. The predicted octanol–water partition coefficient (Wildman–Crippen LogP) is 17.7. The van der Waals surface area contributed by atoms with Crippen LogP contribution in [0.4, 0.5) is 17.1 Å². The standard InChI is InChI=1S/C61H43NS/c1-61(2)56-38-46(50-20-12-16-43-15-6-7-17-49(43)50)29-34-52(56)53-35-33-48(39-57(53)61)62(58-21-10-8-18-51(58)44-25-23-41(24-26-44)40-13-4-3-5-14-40)47-31-27-42(28-32-47)45-30-36-60-55(37-45)54-19-9-11-22-59(54)63-60/h3-39H,1-2H3. The summed E-state index contributed by atoms with van der Waals surface area (Å²) in [6, 6.07) is 82.9. The predicted molar refractivity (Wildman–Crippen MR) is 271 cm³/mol. The molecule has 0 amide bonds. The molecule has 0 saturated carbocycles. The van der Waals surface area contributed by atoms with Crippen LogP contribution >= 0.6 is 11.3 Å². The minimum Gasteiger partial charge on any atom is -0.310 e. The maximum Gasteiger partial charge on any atom is 0.0540 e. The van der Waals surface area contributed by atoms with Crippen LogP contribution in [0.3, 0.4) is 0 Å². The van der Waals surface area contributed by atoms with E-state index in [2.05, 4.69) is 243 Å². The average Bonchev–Trinajstić information content (AvgIpc) is 3.83. The highest BCUT2D eigenvalue weighted by Crippen LogP contribution is 2.52. The van der Waals surface area contributed by atoms with Crippen LogP contribution in [-0.4, -0.2) is 0 Å². The number of hydrogen-bond acceptors (Lipinski definition) is 2. The van der Waals surface area contributed by atoms with Crippen molar-refractivity contribution in [3.05, 3.63) is 236 Å². The molecule has 0 spiro atoms.